The van der Waals surface area contributed by atoms with E-state index in [0.717, 1.165) is 24.1 Å². The van der Waals surface area contributed by atoms with Crippen molar-refractivity contribution in [3.8, 4) is 6.07 Å². The first kappa shape index (κ1) is 24.8. The number of rotatable bonds is 6. The molecule has 0 saturated carbocycles. The van der Waals surface area contributed by atoms with Crippen LogP contribution in [-0.4, -0.2) is 19.0 Å². The number of amides is 1. The summed E-state index contributed by atoms with van der Waals surface area (Å²) in [5.41, 5.74) is 8.35. The monoisotopic (exact) mass is 595 g/mol. The summed E-state index contributed by atoms with van der Waals surface area (Å²) in [5.74, 6) is -0.195. The molecule has 5 nitrogen and oxygen atoms in total. The van der Waals surface area contributed by atoms with Crippen molar-refractivity contribution >= 4 is 18.1 Å². The molecule has 0 unspecified atom stereocenters. The van der Waals surface area contributed by atoms with Gasteiger partial charge in [-0.25, -0.2) is 0 Å². The number of carbonyl (C=O) groups excluding carboxylic acids is 2. The molecule has 0 heterocycles. The molecule has 0 fully saturated rings. The van der Waals surface area contributed by atoms with E-state index in [1.54, 1.807) is 19.1 Å². The van der Waals surface area contributed by atoms with Crippen molar-refractivity contribution in [1.29, 1.82) is 5.26 Å². The van der Waals surface area contributed by atoms with Crippen LogP contribution in [0.15, 0.2) is 30.3 Å². The third kappa shape index (κ3) is 6.49. The number of aryl methyl sites for hydroxylation is 3. The molecule has 2 aliphatic rings. The van der Waals surface area contributed by atoms with Gasteiger partial charge < -0.3 is 14.8 Å². The van der Waals surface area contributed by atoms with E-state index in [9.17, 15) is 9.59 Å². The summed E-state index contributed by atoms with van der Waals surface area (Å²) in [4.78, 5) is 21.6. The summed E-state index contributed by atoms with van der Waals surface area (Å²) in [6.07, 6.45) is 9.87. The second kappa shape index (κ2) is 12.4. The standard InChI is InChI=1S/C13H14NO.C12H13NO2.Os/c15-8-14-13-11-5-1-3-9(11)7-10-4-2-6-12(10)13;1-2-15-12(14)7-6-10-4-3-5-11(8-10)9-13;/h7H,1-6H2,(H,14,15);3-5,8H,2,6-7H2,1H3;/q-1;;+1. The van der Waals surface area contributed by atoms with E-state index in [1.165, 1.54) is 47.9 Å². The van der Waals surface area contributed by atoms with Gasteiger partial charge in [-0.1, -0.05) is 29.3 Å². The maximum Gasteiger partial charge on any atom is 1.00 e. The van der Waals surface area contributed by atoms with Crippen molar-refractivity contribution in [1.82, 2.24) is 0 Å². The number of fused-ring (bicyclic) bond motifs is 2. The van der Waals surface area contributed by atoms with Gasteiger partial charge in [0.05, 0.1) is 24.6 Å². The Labute approximate surface area is 197 Å². The first-order valence-corrected chi connectivity index (χ1v) is 10.6. The minimum absolute atomic E-state index is 0. The Morgan fingerprint density at radius 2 is 1.81 bits per heavy atom. The van der Waals surface area contributed by atoms with E-state index in [2.05, 4.69) is 17.5 Å². The van der Waals surface area contributed by atoms with Gasteiger partial charge in [-0.05, 0) is 69.6 Å². The minimum atomic E-state index is -0.195. The number of hydrogen-bond acceptors (Lipinski definition) is 4. The normalized spacial score (nSPS) is 12.9. The van der Waals surface area contributed by atoms with Gasteiger partial charge in [-0.3, -0.25) is 4.79 Å². The molecule has 6 heteroatoms. The second-order valence-corrected chi connectivity index (χ2v) is 7.58. The number of nitrogens with zero attached hydrogens (tertiary/aromatic N) is 1. The molecule has 0 spiro atoms. The molecule has 4 rings (SSSR count). The molecule has 0 bridgehead atoms. The molecule has 0 atom stereocenters. The van der Waals surface area contributed by atoms with Crippen LogP contribution in [0.1, 0.15) is 59.6 Å². The van der Waals surface area contributed by atoms with Crippen LogP contribution in [0.3, 0.4) is 0 Å². The average molecular weight is 594 g/mol. The number of anilines is 1. The third-order valence-electron chi connectivity index (χ3n) is 5.63. The molecule has 1 amide bonds. The Morgan fingerprint density at radius 1 is 1.13 bits per heavy atom. The van der Waals surface area contributed by atoms with Gasteiger partial charge in [0, 0.05) is 6.42 Å². The van der Waals surface area contributed by atoms with Crippen molar-refractivity contribution in [2.75, 3.05) is 11.9 Å². The number of esters is 1. The molecule has 0 saturated heterocycles. The molecule has 0 aliphatic heterocycles. The summed E-state index contributed by atoms with van der Waals surface area (Å²) in [5, 5.41) is 11.5. The van der Waals surface area contributed by atoms with E-state index >= 15 is 0 Å². The maximum absolute atomic E-state index is 11.1. The Morgan fingerprint density at radius 3 is 2.39 bits per heavy atom. The molecule has 2 aliphatic carbocycles. The van der Waals surface area contributed by atoms with E-state index in [0.29, 0.717) is 25.0 Å². The zero-order chi connectivity index (χ0) is 21.3. The van der Waals surface area contributed by atoms with Crippen molar-refractivity contribution < 1.29 is 34.1 Å². The zero-order valence-electron chi connectivity index (χ0n) is 17.8. The Kier molecular flexibility index (Phi) is 9.89. The van der Waals surface area contributed by atoms with Crippen LogP contribution >= 0.6 is 0 Å². The summed E-state index contributed by atoms with van der Waals surface area (Å²) >= 11 is 0. The Balaban J connectivity index is 0.000000213. The van der Waals surface area contributed by atoms with Gasteiger partial charge in [0.15, 0.2) is 0 Å². The SMILES string of the molecule is CCOC(=O)CCc1cccc(C#N)c1.O=[C-]Nc1c2c(cc3c1CCC3)CCC2.[Os+]. The minimum Gasteiger partial charge on any atom is -0.490 e. The number of ether oxygens (including phenoxy) is 1. The van der Waals surface area contributed by atoms with Crippen molar-refractivity contribution in [3.63, 3.8) is 0 Å². The van der Waals surface area contributed by atoms with Crippen LogP contribution in [-0.2, 0) is 66.2 Å². The first-order valence-electron chi connectivity index (χ1n) is 10.6. The van der Waals surface area contributed by atoms with Gasteiger partial charge in [0.1, 0.15) is 0 Å². The fraction of sp³-hybridized carbons (Fsp3) is 0.400. The van der Waals surface area contributed by atoms with E-state index in [1.807, 2.05) is 18.5 Å². The molecule has 1 N–H and O–H groups in total. The first-order chi connectivity index (χ1) is 14.7. The van der Waals surface area contributed by atoms with Gasteiger partial charge in [0.2, 0.25) is 0 Å². The predicted octanol–water partition coefficient (Wildman–Crippen LogP) is 4.19. The van der Waals surface area contributed by atoms with Crippen molar-refractivity contribution in [2.24, 2.45) is 0 Å². The summed E-state index contributed by atoms with van der Waals surface area (Å²) in [7, 11) is 0. The van der Waals surface area contributed by atoms with Crippen molar-refractivity contribution in [3.05, 3.63) is 63.7 Å². The quantitative estimate of drug-likeness (QED) is 0.310. The second-order valence-electron chi connectivity index (χ2n) is 7.58. The predicted molar refractivity (Wildman–Crippen MR) is 116 cm³/mol. The van der Waals surface area contributed by atoms with Crippen LogP contribution in [0.25, 0.3) is 0 Å². The topological polar surface area (TPSA) is 79.2 Å². The van der Waals surface area contributed by atoms with E-state index in [4.69, 9.17) is 10.00 Å². The third-order valence-corrected chi connectivity index (χ3v) is 5.63. The number of benzene rings is 2. The van der Waals surface area contributed by atoms with Gasteiger partial charge in [0.25, 0.3) is 0 Å². The molecular weight excluding hydrogens is 567 g/mol. The largest absolute Gasteiger partial charge is 1.00 e. The van der Waals surface area contributed by atoms with Crippen LogP contribution in [0.2, 0.25) is 0 Å². The molecule has 0 aromatic heterocycles. The van der Waals surface area contributed by atoms with E-state index < -0.39 is 0 Å². The van der Waals surface area contributed by atoms with Gasteiger partial charge in [-0.2, -0.15) is 5.26 Å². The van der Waals surface area contributed by atoms with Gasteiger partial charge in [-0.15, -0.1) is 16.8 Å². The number of nitrogens with one attached hydrogen (secondary N) is 1. The fourth-order valence-electron chi connectivity index (χ4n) is 4.29. The van der Waals surface area contributed by atoms with Crippen LogP contribution in [0, 0.1) is 11.3 Å². The summed E-state index contributed by atoms with van der Waals surface area (Å²) < 4.78 is 4.82. The summed E-state index contributed by atoms with van der Waals surface area (Å²) in [6, 6.07) is 11.7. The number of hydrogen-bond donors (Lipinski definition) is 1. The van der Waals surface area contributed by atoms with Gasteiger partial charge >= 0.3 is 25.8 Å². The number of nitriles is 1. The molecule has 1 radical (unpaired) electrons. The fourth-order valence-corrected chi connectivity index (χ4v) is 4.29. The smallest absolute Gasteiger partial charge is 0.490 e. The molecule has 2 aromatic rings. The van der Waals surface area contributed by atoms with E-state index in [-0.39, 0.29) is 25.8 Å². The van der Waals surface area contributed by atoms with Crippen LogP contribution in [0.5, 0.6) is 0 Å². The summed E-state index contributed by atoms with van der Waals surface area (Å²) in [6.45, 7) is 2.20. The Hall–Kier alpha value is -2.49. The molecule has 31 heavy (non-hydrogen) atoms. The average Bonchev–Trinajstić information content (AvgIpc) is 3.42. The van der Waals surface area contributed by atoms with Crippen LogP contribution in [0.4, 0.5) is 5.69 Å². The molecule has 2 aromatic carbocycles. The molecule has 163 valence electrons. The zero-order valence-corrected chi connectivity index (χ0v) is 20.3. The van der Waals surface area contributed by atoms with Crippen molar-refractivity contribution in [2.45, 2.75) is 58.3 Å². The van der Waals surface area contributed by atoms with Crippen LogP contribution < -0.4 is 5.32 Å². The Bertz CT molecular complexity index is 934. The number of carbonyl (C=O) groups is 1. The maximum atomic E-state index is 11.1. The molecular formula is C25H27N2O3Os.